The van der Waals surface area contributed by atoms with Crippen molar-refractivity contribution in [3.05, 3.63) is 45.5 Å². The molecule has 22 heavy (non-hydrogen) atoms. The van der Waals surface area contributed by atoms with Crippen molar-refractivity contribution in [2.75, 3.05) is 13.1 Å². The summed E-state index contributed by atoms with van der Waals surface area (Å²) in [6.45, 7) is 3.79. The Kier molecular flexibility index (Phi) is 3.91. The quantitative estimate of drug-likeness (QED) is 0.463. The lowest BCUT2D eigenvalue weighted by Gasteiger charge is -2.27. The molecule has 7 nitrogen and oxygen atoms in total. The van der Waals surface area contributed by atoms with Crippen LogP contribution in [0.3, 0.4) is 0 Å². The largest absolute Gasteiger partial charge is 0.298 e. The van der Waals surface area contributed by atoms with Gasteiger partial charge in [0.05, 0.1) is 11.3 Å². The first-order valence-corrected chi connectivity index (χ1v) is 7.32. The average molecular weight is 301 g/mol. The van der Waals surface area contributed by atoms with Crippen LogP contribution >= 0.6 is 0 Å². The Labute approximate surface area is 127 Å². The smallest absolute Gasteiger partial charge is 0.262 e. The third-order valence-electron chi connectivity index (χ3n) is 4.09. The molecule has 0 atom stereocenters. The third kappa shape index (κ3) is 2.60. The van der Waals surface area contributed by atoms with Crippen molar-refractivity contribution in [2.24, 2.45) is 5.84 Å². The monoisotopic (exact) mass is 301 g/mol. The summed E-state index contributed by atoms with van der Waals surface area (Å²) < 4.78 is 1.65. The van der Waals surface area contributed by atoms with Crippen molar-refractivity contribution < 1.29 is 4.79 Å². The van der Waals surface area contributed by atoms with Gasteiger partial charge in [0.25, 0.3) is 5.56 Å². The van der Waals surface area contributed by atoms with Crippen molar-refractivity contribution in [2.45, 2.75) is 26.3 Å². The Morgan fingerprint density at radius 3 is 3.05 bits per heavy atom. The van der Waals surface area contributed by atoms with E-state index in [1.165, 1.54) is 0 Å². The summed E-state index contributed by atoms with van der Waals surface area (Å²) in [5.74, 6) is 4.89. The topological polar surface area (TPSA) is 92.7 Å². The van der Waals surface area contributed by atoms with Gasteiger partial charge in [0, 0.05) is 38.2 Å². The van der Waals surface area contributed by atoms with Crippen molar-refractivity contribution in [3.8, 4) is 0 Å². The van der Waals surface area contributed by atoms with Gasteiger partial charge in [0.15, 0.2) is 0 Å². The maximum atomic E-state index is 12.7. The van der Waals surface area contributed by atoms with Gasteiger partial charge in [-0.05, 0) is 19.1 Å². The Balaban J connectivity index is 1.92. The third-order valence-corrected chi connectivity index (χ3v) is 4.09. The van der Waals surface area contributed by atoms with Crippen molar-refractivity contribution >= 4 is 11.6 Å². The zero-order chi connectivity index (χ0) is 15.7. The number of carbonyl (C=O) groups excluding carboxylic acids is 1. The van der Waals surface area contributed by atoms with Gasteiger partial charge in [-0.25, -0.2) is 10.8 Å². The molecule has 116 valence electrons. The molecule has 0 radical (unpaired) electrons. The minimum absolute atomic E-state index is 0.00826. The van der Waals surface area contributed by atoms with Crippen molar-refractivity contribution in [1.82, 2.24) is 19.7 Å². The molecule has 0 bridgehead atoms. The molecule has 3 rings (SSSR count). The highest BCUT2D eigenvalue weighted by atomic mass is 16.2. The number of amides is 1. The number of rotatable bonds is 3. The summed E-state index contributed by atoms with van der Waals surface area (Å²) in [5, 5.41) is 0. The molecule has 2 aromatic rings. The Hall–Kier alpha value is -2.25. The number of fused-ring (bicyclic) bond motifs is 2. The second-order valence-electron chi connectivity index (χ2n) is 5.55. The summed E-state index contributed by atoms with van der Waals surface area (Å²) in [6.07, 6.45) is 1.05. The lowest BCUT2D eigenvalue weighted by molar-refractivity contribution is -0.121. The van der Waals surface area contributed by atoms with Gasteiger partial charge >= 0.3 is 0 Å². The van der Waals surface area contributed by atoms with Gasteiger partial charge in [-0.1, -0.05) is 6.07 Å². The van der Waals surface area contributed by atoms with Gasteiger partial charge < -0.3 is 0 Å². The molecule has 0 aliphatic carbocycles. The first-order chi connectivity index (χ1) is 10.6. The molecular formula is C15H19N5O2. The first kappa shape index (κ1) is 14.7. The summed E-state index contributed by atoms with van der Waals surface area (Å²) >= 11 is 0. The summed E-state index contributed by atoms with van der Waals surface area (Å²) in [7, 11) is 0. The van der Waals surface area contributed by atoms with Crippen LogP contribution in [0.25, 0.3) is 5.65 Å². The van der Waals surface area contributed by atoms with E-state index < -0.39 is 0 Å². The van der Waals surface area contributed by atoms with Crippen LogP contribution in [-0.2, 0) is 17.8 Å². The Bertz CT molecular complexity index is 783. The Morgan fingerprint density at radius 2 is 2.27 bits per heavy atom. The van der Waals surface area contributed by atoms with Crippen LogP contribution in [0.2, 0.25) is 0 Å². The molecule has 0 spiro atoms. The predicted octanol–water partition coefficient (Wildman–Crippen LogP) is -0.259. The van der Waals surface area contributed by atoms with E-state index in [1.54, 1.807) is 4.40 Å². The van der Waals surface area contributed by atoms with Crippen LogP contribution in [0, 0.1) is 6.92 Å². The number of pyridine rings is 1. The second kappa shape index (κ2) is 5.86. The summed E-state index contributed by atoms with van der Waals surface area (Å²) in [6, 6.07) is 5.66. The van der Waals surface area contributed by atoms with Gasteiger partial charge in [-0.15, -0.1) is 0 Å². The molecule has 0 saturated carbocycles. The summed E-state index contributed by atoms with van der Waals surface area (Å²) in [4.78, 5) is 30.7. The predicted molar refractivity (Wildman–Crippen MR) is 82.1 cm³/mol. The molecule has 3 N–H and O–H groups in total. The van der Waals surface area contributed by atoms with E-state index in [4.69, 9.17) is 5.84 Å². The molecule has 1 aliphatic heterocycles. The first-order valence-electron chi connectivity index (χ1n) is 7.32. The van der Waals surface area contributed by atoms with Crippen LogP contribution in [0.1, 0.15) is 23.4 Å². The van der Waals surface area contributed by atoms with E-state index in [0.29, 0.717) is 25.2 Å². The fraction of sp³-hybridized carbons (Fsp3) is 0.400. The number of hydrogen-bond donors (Lipinski definition) is 2. The number of hydrazine groups is 1. The van der Waals surface area contributed by atoms with Gasteiger partial charge in [-0.2, -0.15) is 0 Å². The van der Waals surface area contributed by atoms with Gasteiger partial charge in [0.1, 0.15) is 5.65 Å². The molecule has 0 aromatic carbocycles. The van der Waals surface area contributed by atoms with E-state index >= 15 is 0 Å². The fourth-order valence-electron chi connectivity index (χ4n) is 2.87. The molecule has 7 heteroatoms. The fourth-order valence-corrected chi connectivity index (χ4v) is 2.87. The molecule has 0 saturated heterocycles. The van der Waals surface area contributed by atoms with Crippen LogP contribution in [-0.4, -0.2) is 33.3 Å². The molecule has 1 aliphatic rings. The highest BCUT2D eigenvalue weighted by Crippen LogP contribution is 2.15. The van der Waals surface area contributed by atoms with Crippen molar-refractivity contribution in [3.63, 3.8) is 0 Å². The zero-order valence-electron chi connectivity index (χ0n) is 12.5. The number of carbonyl (C=O) groups is 1. The van der Waals surface area contributed by atoms with E-state index in [-0.39, 0.29) is 11.5 Å². The normalized spacial score (nSPS) is 14.8. The Morgan fingerprint density at radius 1 is 1.45 bits per heavy atom. The lowest BCUT2D eigenvalue weighted by Crippen LogP contribution is -2.39. The van der Waals surface area contributed by atoms with Crippen LogP contribution in [0.15, 0.2) is 23.0 Å². The SMILES string of the molecule is Cc1cccc2nc3c(c(=O)n12)CN(CCC(=O)NN)CC3. The minimum atomic E-state index is -0.199. The molecule has 2 aromatic heterocycles. The standard InChI is InChI=1S/C15H19N5O2/c1-10-3-2-4-13-17-12-5-7-19(8-6-14(21)18-16)9-11(12)15(22)20(10)13/h2-4H,5-9,16H2,1H3,(H,18,21). The molecule has 0 unspecified atom stereocenters. The minimum Gasteiger partial charge on any atom is -0.298 e. The van der Waals surface area contributed by atoms with E-state index in [2.05, 4.69) is 15.3 Å². The van der Waals surface area contributed by atoms with E-state index in [9.17, 15) is 9.59 Å². The maximum absolute atomic E-state index is 12.7. The molecule has 3 heterocycles. The number of nitrogens with zero attached hydrogens (tertiary/aromatic N) is 3. The molecular weight excluding hydrogens is 282 g/mol. The molecule has 0 fully saturated rings. The van der Waals surface area contributed by atoms with E-state index in [1.807, 2.05) is 25.1 Å². The summed E-state index contributed by atoms with van der Waals surface area (Å²) in [5.41, 5.74) is 5.28. The zero-order valence-corrected chi connectivity index (χ0v) is 12.5. The maximum Gasteiger partial charge on any atom is 0.262 e. The van der Waals surface area contributed by atoms with Crippen LogP contribution in [0.5, 0.6) is 0 Å². The van der Waals surface area contributed by atoms with Gasteiger partial charge in [-0.3, -0.25) is 24.3 Å². The molecule has 1 amide bonds. The lowest BCUT2D eigenvalue weighted by atomic mass is 10.1. The number of aromatic nitrogens is 2. The van der Waals surface area contributed by atoms with Crippen LogP contribution < -0.4 is 16.8 Å². The van der Waals surface area contributed by atoms with E-state index in [0.717, 1.165) is 29.9 Å². The highest BCUT2D eigenvalue weighted by Gasteiger charge is 2.22. The number of nitrogens with one attached hydrogen (secondary N) is 1. The van der Waals surface area contributed by atoms with Crippen molar-refractivity contribution in [1.29, 1.82) is 0 Å². The number of nitrogens with two attached hydrogens (primary N) is 1. The van der Waals surface area contributed by atoms with Gasteiger partial charge in [0.2, 0.25) is 5.91 Å². The number of aryl methyl sites for hydroxylation is 1. The average Bonchev–Trinajstić information content (AvgIpc) is 2.53. The second-order valence-corrected chi connectivity index (χ2v) is 5.55. The number of hydrogen-bond acceptors (Lipinski definition) is 5. The highest BCUT2D eigenvalue weighted by molar-refractivity contribution is 5.75. The van der Waals surface area contributed by atoms with Crippen LogP contribution in [0.4, 0.5) is 0 Å².